The summed E-state index contributed by atoms with van der Waals surface area (Å²) in [4.78, 5) is 45.9. The lowest BCUT2D eigenvalue weighted by Crippen LogP contribution is -2.57. The number of alkyl halides is 3. The van der Waals surface area contributed by atoms with E-state index in [4.69, 9.17) is 14.2 Å². The Morgan fingerprint density at radius 1 is 0.734 bits per heavy atom. The largest absolute Gasteiger partial charge is 0.447 e. The SMILES string of the molecule is CCN(CC)c1ccc(NC(=O)c2cccc(CC(C)(C)OCCC(C)(C)OCCOC(=O)NC(CO)(CO)CO)c2)c(-c2cc(C(=O)NCc3cccc(C(F)(F)F)c3)ccn2)c1. The third-order valence-electron chi connectivity index (χ3n) is 10.5. The third kappa shape index (κ3) is 15.0. The van der Waals surface area contributed by atoms with Gasteiger partial charge >= 0.3 is 12.3 Å². The summed E-state index contributed by atoms with van der Waals surface area (Å²) in [6, 6.07) is 20.7. The molecule has 0 aliphatic carbocycles. The van der Waals surface area contributed by atoms with Crippen molar-refractivity contribution in [3.63, 3.8) is 0 Å². The van der Waals surface area contributed by atoms with E-state index in [9.17, 15) is 42.9 Å². The Bertz CT molecular complexity index is 2170. The molecule has 4 aromatic rings. The first-order valence-electron chi connectivity index (χ1n) is 21.0. The molecule has 1 aromatic heterocycles. The average molecular weight is 896 g/mol. The number of halogens is 3. The van der Waals surface area contributed by atoms with Gasteiger partial charge < -0.3 is 50.4 Å². The van der Waals surface area contributed by atoms with Crippen molar-refractivity contribution in [2.24, 2.45) is 0 Å². The molecule has 6 N–H and O–H groups in total. The summed E-state index contributed by atoms with van der Waals surface area (Å²) >= 11 is 0. The number of amides is 3. The molecule has 0 unspecified atom stereocenters. The first-order chi connectivity index (χ1) is 30.3. The van der Waals surface area contributed by atoms with E-state index in [1.54, 1.807) is 30.3 Å². The van der Waals surface area contributed by atoms with Crippen LogP contribution >= 0.6 is 0 Å². The molecular weight excluding hydrogens is 836 g/mol. The highest BCUT2D eigenvalue weighted by Crippen LogP contribution is 2.33. The number of benzene rings is 3. The average Bonchev–Trinajstić information content (AvgIpc) is 3.26. The van der Waals surface area contributed by atoms with E-state index >= 15 is 0 Å². The van der Waals surface area contributed by atoms with Crippen molar-refractivity contribution in [1.82, 2.24) is 15.6 Å². The highest BCUT2D eigenvalue weighted by molar-refractivity contribution is 6.06. The number of hydrogen-bond acceptors (Lipinski definition) is 11. The van der Waals surface area contributed by atoms with Crippen molar-refractivity contribution < 1.29 is 57.1 Å². The minimum Gasteiger partial charge on any atom is -0.447 e. The summed E-state index contributed by atoms with van der Waals surface area (Å²) < 4.78 is 57.0. The van der Waals surface area contributed by atoms with E-state index in [1.165, 1.54) is 24.4 Å². The number of pyridine rings is 1. The van der Waals surface area contributed by atoms with E-state index < -0.39 is 60.3 Å². The van der Waals surface area contributed by atoms with E-state index in [1.807, 2.05) is 59.7 Å². The number of aliphatic hydroxyl groups is 3. The molecule has 3 amide bonds. The minimum atomic E-state index is -4.51. The van der Waals surface area contributed by atoms with Crippen LogP contribution in [-0.4, -0.2) is 108 Å². The van der Waals surface area contributed by atoms with Gasteiger partial charge in [0.25, 0.3) is 11.8 Å². The van der Waals surface area contributed by atoms with Crippen LogP contribution in [-0.2, 0) is 33.4 Å². The number of carbonyl (C=O) groups is 3. The molecule has 1 heterocycles. The molecule has 0 spiro atoms. The molecule has 0 aliphatic heterocycles. The van der Waals surface area contributed by atoms with Crippen LogP contribution in [0.15, 0.2) is 85.1 Å². The fourth-order valence-corrected chi connectivity index (χ4v) is 6.68. The Kier molecular flexibility index (Phi) is 18.2. The Balaban J connectivity index is 1.40. The molecule has 0 aliphatic rings. The lowest BCUT2D eigenvalue weighted by Gasteiger charge is -2.30. The number of hydrogen-bond donors (Lipinski definition) is 6. The molecule has 3 aromatic carbocycles. The van der Waals surface area contributed by atoms with Gasteiger partial charge in [-0.1, -0.05) is 24.3 Å². The van der Waals surface area contributed by atoms with Crippen LogP contribution in [0.3, 0.4) is 0 Å². The quantitative estimate of drug-likeness (QED) is 0.0432. The first kappa shape index (κ1) is 51.0. The number of ether oxygens (including phenoxy) is 3. The molecule has 17 heteroatoms. The molecule has 0 bridgehead atoms. The van der Waals surface area contributed by atoms with Crippen molar-refractivity contribution in [2.75, 3.05) is 62.9 Å². The Labute approximate surface area is 372 Å². The number of anilines is 2. The lowest BCUT2D eigenvalue weighted by molar-refractivity contribution is -0.137. The molecule has 64 heavy (non-hydrogen) atoms. The van der Waals surface area contributed by atoms with Gasteiger partial charge in [-0.15, -0.1) is 0 Å². The number of rotatable bonds is 23. The highest BCUT2D eigenvalue weighted by atomic mass is 19.4. The van der Waals surface area contributed by atoms with Crippen molar-refractivity contribution in [2.45, 2.75) is 83.8 Å². The maximum absolute atomic E-state index is 13.9. The maximum atomic E-state index is 13.9. The van der Waals surface area contributed by atoms with E-state index in [-0.39, 0.29) is 31.2 Å². The van der Waals surface area contributed by atoms with Crippen molar-refractivity contribution in [3.8, 4) is 11.3 Å². The molecule has 4 rings (SSSR count). The second-order valence-electron chi connectivity index (χ2n) is 16.5. The zero-order valence-electron chi connectivity index (χ0n) is 37.2. The molecule has 0 saturated carbocycles. The van der Waals surface area contributed by atoms with Crippen LogP contribution in [0.1, 0.15) is 85.4 Å². The summed E-state index contributed by atoms with van der Waals surface area (Å²) in [5.41, 5.74) is 0.423. The first-order valence-corrected chi connectivity index (χ1v) is 21.0. The number of nitrogens with one attached hydrogen (secondary N) is 3. The molecule has 14 nitrogen and oxygen atoms in total. The second-order valence-corrected chi connectivity index (χ2v) is 16.5. The summed E-state index contributed by atoms with van der Waals surface area (Å²) in [6.07, 6.45) is -2.97. The van der Waals surface area contributed by atoms with Crippen LogP contribution in [0.25, 0.3) is 11.3 Å². The zero-order chi connectivity index (χ0) is 47.1. The van der Waals surface area contributed by atoms with Crippen molar-refractivity contribution in [3.05, 3.63) is 113 Å². The lowest BCUT2D eigenvalue weighted by atomic mass is 9.96. The monoisotopic (exact) mass is 895 g/mol. The fourth-order valence-electron chi connectivity index (χ4n) is 6.68. The maximum Gasteiger partial charge on any atom is 0.416 e. The smallest absolute Gasteiger partial charge is 0.416 e. The van der Waals surface area contributed by atoms with Crippen LogP contribution < -0.4 is 20.9 Å². The van der Waals surface area contributed by atoms with E-state index in [0.717, 1.165) is 36.5 Å². The summed E-state index contributed by atoms with van der Waals surface area (Å²) in [6.45, 7) is 11.3. The number of nitrogens with zero attached hydrogens (tertiary/aromatic N) is 2. The van der Waals surface area contributed by atoms with Gasteiger partial charge in [-0.05, 0) is 114 Å². The standard InChI is InChI=1S/C47H60F3N5O9/c1-7-55(8-2)37-15-16-39(38(26-37)40-25-35(17-19-51-40)41(59)52-28-33-12-10-14-36(24-33)47(48,49)50)53-42(60)34-13-9-11-32(23-34)27-45(5,6)63-20-18-44(3,4)64-22-21-62-43(61)54-46(29-56,30-57)31-58/h9-17,19,23-26,56-58H,7-8,18,20-22,27-31H2,1-6H3,(H,52,59)(H,53,60)(H,54,61). The van der Waals surface area contributed by atoms with Crippen molar-refractivity contribution >= 4 is 29.3 Å². The predicted molar refractivity (Wildman–Crippen MR) is 237 cm³/mol. The fraction of sp³-hybridized carbons (Fsp3) is 0.447. The minimum absolute atomic E-state index is 0.0692. The summed E-state index contributed by atoms with van der Waals surface area (Å²) in [5, 5.41) is 36.1. The van der Waals surface area contributed by atoms with Gasteiger partial charge in [-0.25, -0.2) is 4.79 Å². The molecule has 0 atom stereocenters. The number of aromatic nitrogens is 1. The van der Waals surface area contributed by atoms with Gasteiger partial charge in [0.15, 0.2) is 0 Å². The molecule has 0 fully saturated rings. The molecule has 348 valence electrons. The number of aliphatic hydroxyl groups excluding tert-OH is 3. The van der Waals surface area contributed by atoms with E-state index in [2.05, 4.69) is 25.8 Å². The van der Waals surface area contributed by atoms with Gasteiger partial charge in [0.2, 0.25) is 0 Å². The highest BCUT2D eigenvalue weighted by Gasteiger charge is 2.32. The third-order valence-corrected chi connectivity index (χ3v) is 10.5. The van der Waals surface area contributed by atoms with Gasteiger partial charge in [0, 0.05) is 54.6 Å². The van der Waals surface area contributed by atoms with Gasteiger partial charge in [0.05, 0.1) is 61.2 Å². The van der Waals surface area contributed by atoms with Crippen LogP contribution in [0.5, 0.6) is 0 Å². The van der Waals surface area contributed by atoms with Crippen LogP contribution in [0, 0.1) is 0 Å². The summed E-state index contributed by atoms with van der Waals surface area (Å²) in [7, 11) is 0. The van der Waals surface area contributed by atoms with Gasteiger partial charge in [0.1, 0.15) is 12.1 Å². The Morgan fingerprint density at radius 3 is 2.06 bits per heavy atom. The predicted octanol–water partition coefficient (Wildman–Crippen LogP) is 6.76. The number of alkyl carbamates (subject to hydrolysis) is 1. The number of carbonyl (C=O) groups excluding carboxylic acids is 3. The molecule has 0 saturated heterocycles. The Hall–Kier alpha value is -5.59. The van der Waals surface area contributed by atoms with Crippen LogP contribution in [0.2, 0.25) is 0 Å². The Morgan fingerprint density at radius 2 is 1.39 bits per heavy atom. The molecular formula is C47H60F3N5O9. The van der Waals surface area contributed by atoms with Gasteiger partial charge in [-0.2, -0.15) is 13.2 Å². The van der Waals surface area contributed by atoms with Crippen LogP contribution in [0.4, 0.5) is 29.3 Å². The van der Waals surface area contributed by atoms with E-state index in [0.29, 0.717) is 47.5 Å². The van der Waals surface area contributed by atoms with Crippen molar-refractivity contribution in [1.29, 1.82) is 0 Å². The molecule has 0 radical (unpaired) electrons. The zero-order valence-corrected chi connectivity index (χ0v) is 37.2. The second kappa shape index (κ2) is 22.9. The van der Waals surface area contributed by atoms with Gasteiger partial charge in [-0.3, -0.25) is 14.6 Å². The topological polar surface area (TPSA) is 192 Å². The summed E-state index contributed by atoms with van der Waals surface area (Å²) in [5.74, 6) is -0.879. The normalized spacial score (nSPS) is 12.1.